The van der Waals surface area contributed by atoms with Crippen LogP contribution in [-0.2, 0) is 21.1 Å². The van der Waals surface area contributed by atoms with Crippen molar-refractivity contribution in [1.29, 1.82) is 0 Å². The van der Waals surface area contributed by atoms with E-state index in [2.05, 4.69) is 15.5 Å². The maximum atomic E-state index is 11.4. The molecule has 118 valence electrons. The Balaban J connectivity index is 1.55. The first-order valence-corrected chi connectivity index (χ1v) is 9.27. The van der Waals surface area contributed by atoms with Gasteiger partial charge in [-0.3, -0.25) is 0 Å². The summed E-state index contributed by atoms with van der Waals surface area (Å²) in [6.45, 7) is 2.98. The Morgan fingerprint density at radius 3 is 2.86 bits per heavy atom. The van der Waals surface area contributed by atoms with Gasteiger partial charge in [0.05, 0.1) is 18.1 Å². The van der Waals surface area contributed by atoms with Crippen LogP contribution in [0.25, 0.3) is 0 Å². The second-order valence-electron chi connectivity index (χ2n) is 5.74. The van der Waals surface area contributed by atoms with E-state index in [0.717, 1.165) is 12.8 Å². The van der Waals surface area contributed by atoms with Gasteiger partial charge in [0.1, 0.15) is 6.10 Å². The summed E-state index contributed by atoms with van der Waals surface area (Å²) in [7, 11) is -2.87. The van der Waals surface area contributed by atoms with Crippen LogP contribution in [0.2, 0.25) is 0 Å². The van der Waals surface area contributed by atoms with Crippen molar-refractivity contribution in [2.45, 2.75) is 44.9 Å². The normalized spacial score (nSPS) is 26.0. The van der Waals surface area contributed by atoms with Crippen molar-refractivity contribution in [2.75, 3.05) is 18.1 Å². The van der Waals surface area contributed by atoms with Gasteiger partial charge in [-0.15, -0.1) is 0 Å². The van der Waals surface area contributed by atoms with E-state index in [9.17, 15) is 8.42 Å². The first-order valence-electron chi connectivity index (χ1n) is 7.45. The lowest BCUT2D eigenvalue weighted by molar-refractivity contribution is 0.0384. The van der Waals surface area contributed by atoms with Crippen molar-refractivity contribution in [3.63, 3.8) is 0 Å². The number of hydrogen-bond donors (Lipinski definition) is 1. The molecule has 2 atom stereocenters. The summed E-state index contributed by atoms with van der Waals surface area (Å²) in [6.07, 6.45) is 2.87. The summed E-state index contributed by atoms with van der Waals surface area (Å²) < 4.78 is 33.7. The molecule has 3 rings (SSSR count). The van der Waals surface area contributed by atoms with Crippen LogP contribution in [0.5, 0.6) is 0 Å². The van der Waals surface area contributed by atoms with Crippen molar-refractivity contribution >= 4 is 9.84 Å². The predicted molar refractivity (Wildman–Crippen MR) is 75.3 cm³/mol. The molecule has 1 aliphatic carbocycles. The fourth-order valence-corrected chi connectivity index (χ4v) is 4.35. The van der Waals surface area contributed by atoms with E-state index in [1.165, 1.54) is 0 Å². The number of rotatable bonds is 7. The van der Waals surface area contributed by atoms with Gasteiger partial charge in [0.25, 0.3) is 0 Å². The monoisotopic (exact) mass is 315 g/mol. The average molecular weight is 315 g/mol. The zero-order valence-electron chi connectivity index (χ0n) is 12.1. The molecule has 1 aliphatic heterocycles. The SMILES string of the molecule is CCOC(c1noc(CNC2CCS(=O)(=O)C2)n1)C1CC1. The fourth-order valence-electron chi connectivity index (χ4n) is 2.64. The molecule has 1 aromatic heterocycles. The van der Waals surface area contributed by atoms with E-state index in [4.69, 9.17) is 9.26 Å². The molecule has 7 nitrogen and oxygen atoms in total. The minimum atomic E-state index is -2.87. The average Bonchev–Trinajstić information content (AvgIpc) is 3.07. The summed E-state index contributed by atoms with van der Waals surface area (Å²) >= 11 is 0. The van der Waals surface area contributed by atoms with Gasteiger partial charge in [0.15, 0.2) is 9.84 Å². The number of aromatic nitrogens is 2. The topological polar surface area (TPSA) is 94.3 Å². The highest BCUT2D eigenvalue weighted by Crippen LogP contribution is 2.42. The molecule has 0 spiro atoms. The quantitative estimate of drug-likeness (QED) is 0.796. The molecule has 2 unspecified atom stereocenters. The number of nitrogens with zero attached hydrogens (tertiary/aromatic N) is 2. The molecule has 1 saturated carbocycles. The maximum Gasteiger partial charge on any atom is 0.240 e. The van der Waals surface area contributed by atoms with Crippen LogP contribution in [0, 0.1) is 5.92 Å². The van der Waals surface area contributed by atoms with Crippen molar-refractivity contribution in [3.05, 3.63) is 11.7 Å². The second-order valence-corrected chi connectivity index (χ2v) is 7.97. The standard InChI is InChI=1S/C13H21N3O4S/c1-2-19-12(9-3-4-9)13-15-11(20-16-13)7-14-10-5-6-21(17,18)8-10/h9-10,12,14H,2-8H2,1H3. The minimum absolute atomic E-state index is 0.0172. The molecule has 0 radical (unpaired) electrons. The zero-order chi connectivity index (χ0) is 14.9. The summed E-state index contributed by atoms with van der Waals surface area (Å²) in [6, 6.07) is -0.0172. The van der Waals surface area contributed by atoms with Crippen molar-refractivity contribution in [3.8, 4) is 0 Å². The Labute approximate surface area is 124 Å². The Bertz CT molecular complexity index is 582. The molecular formula is C13H21N3O4S. The van der Waals surface area contributed by atoms with Crippen molar-refractivity contribution in [1.82, 2.24) is 15.5 Å². The van der Waals surface area contributed by atoms with Crippen LogP contribution < -0.4 is 5.32 Å². The van der Waals surface area contributed by atoms with Crippen LogP contribution in [0.3, 0.4) is 0 Å². The third-order valence-corrected chi connectivity index (χ3v) is 5.68. The summed E-state index contributed by atoms with van der Waals surface area (Å²) in [5, 5.41) is 7.17. The molecule has 21 heavy (non-hydrogen) atoms. The lowest BCUT2D eigenvalue weighted by atomic mass is 10.2. The highest BCUT2D eigenvalue weighted by molar-refractivity contribution is 7.91. The zero-order valence-corrected chi connectivity index (χ0v) is 12.9. The van der Waals surface area contributed by atoms with Crippen molar-refractivity contribution in [2.24, 2.45) is 5.92 Å². The number of ether oxygens (including phenoxy) is 1. The summed E-state index contributed by atoms with van der Waals surface area (Å²) in [5.74, 6) is 2.05. The number of hydrogen-bond acceptors (Lipinski definition) is 7. The van der Waals surface area contributed by atoms with Gasteiger partial charge in [0, 0.05) is 12.6 Å². The van der Waals surface area contributed by atoms with Crippen LogP contribution >= 0.6 is 0 Å². The van der Waals surface area contributed by atoms with Crippen LogP contribution in [0.1, 0.15) is 44.0 Å². The van der Waals surface area contributed by atoms with Crippen molar-refractivity contribution < 1.29 is 17.7 Å². The van der Waals surface area contributed by atoms with Gasteiger partial charge in [-0.05, 0) is 32.1 Å². The third kappa shape index (κ3) is 3.81. The maximum absolute atomic E-state index is 11.4. The highest BCUT2D eigenvalue weighted by atomic mass is 32.2. The largest absolute Gasteiger partial charge is 0.370 e. The Hall–Kier alpha value is -0.990. The Morgan fingerprint density at radius 2 is 2.24 bits per heavy atom. The summed E-state index contributed by atoms with van der Waals surface area (Å²) in [4.78, 5) is 4.37. The highest BCUT2D eigenvalue weighted by Gasteiger charge is 2.36. The third-order valence-electron chi connectivity index (χ3n) is 3.91. The number of sulfone groups is 1. The lowest BCUT2D eigenvalue weighted by Gasteiger charge is -2.11. The van der Waals surface area contributed by atoms with Gasteiger partial charge in [-0.2, -0.15) is 4.98 Å². The molecular weight excluding hydrogens is 294 g/mol. The lowest BCUT2D eigenvalue weighted by Crippen LogP contribution is -2.29. The summed E-state index contributed by atoms with van der Waals surface area (Å²) in [5.41, 5.74) is 0. The fraction of sp³-hybridized carbons (Fsp3) is 0.846. The van der Waals surface area contributed by atoms with E-state index in [1.807, 2.05) is 6.92 Å². The smallest absolute Gasteiger partial charge is 0.240 e. The molecule has 1 aromatic rings. The van der Waals surface area contributed by atoms with E-state index in [1.54, 1.807) is 0 Å². The Morgan fingerprint density at radius 1 is 1.43 bits per heavy atom. The van der Waals surface area contributed by atoms with Crippen LogP contribution in [-0.4, -0.2) is 42.7 Å². The second kappa shape index (κ2) is 6.02. The van der Waals surface area contributed by atoms with E-state index in [0.29, 0.717) is 37.2 Å². The van der Waals surface area contributed by atoms with Crippen LogP contribution in [0.4, 0.5) is 0 Å². The molecule has 2 fully saturated rings. The van der Waals surface area contributed by atoms with Gasteiger partial charge < -0.3 is 14.6 Å². The molecule has 0 bridgehead atoms. The van der Waals surface area contributed by atoms with Gasteiger partial charge in [-0.1, -0.05) is 5.16 Å². The van der Waals surface area contributed by atoms with Gasteiger partial charge >= 0.3 is 0 Å². The van der Waals surface area contributed by atoms with Crippen LogP contribution in [0.15, 0.2) is 4.52 Å². The van der Waals surface area contributed by atoms with Gasteiger partial charge in [0.2, 0.25) is 11.7 Å². The molecule has 2 aliphatic rings. The molecule has 2 heterocycles. The molecule has 0 aromatic carbocycles. The van der Waals surface area contributed by atoms with E-state index >= 15 is 0 Å². The molecule has 1 saturated heterocycles. The number of nitrogens with one attached hydrogen (secondary N) is 1. The first-order chi connectivity index (χ1) is 10.1. The molecule has 1 N–H and O–H groups in total. The minimum Gasteiger partial charge on any atom is -0.370 e. The molecule has 0 amide bonds. The van der Waals surface area contributed by atoms with E-state index < -0.39 is 9.84 Å². The van der Waals surface area contributed by atoms with Gasteiger partial charge in [-0.25, -0.2) is 8.42 Å². The first kappa shape index (κ1) is 14.9. The predicted octanol–water partition coefficient (Wildman–Crippen LogP) is 0.834. The Kier molecular flexibility index (Phi) is 4.28. The molecule has 8 heteroatoms. The van der Waals surface area contributed by atoms with E-state index in [-0.39, 0.29) is 23.7 Å².